The van der Waals surface area contributed by atoms with Crippen LogP contribution in [0.2, 0.25) is 0 Å². The molecule has 2 aromatic rings. The molecule has 0 radical (unpaired) electrons. The van der Waals surface area contributed by atoms with Crippen molar-refractivity contribution in [3.05, 3.63) is 34.7 Å². The molecule has 2 aromatic heterocycles. The predicted octanol–water partition coefficient (Wildman–Crippen LogP) is 0.988. The van der Waals surface area contributed by atoms with Crippen molar-refractivity contribution >= 4 is 21.4 Å². The van der Waals surface area contributed by atoms with Gasteiger partial charge in [0.25, 0.3) is 0 Å². The van der Waals surface area contributed by atoms with Crippen molar-refractivity contribution in [2.75, 3.05) is 7.05 Å². The first-order chi connectivity index (χ1) is 9.44. The molecular formula is C12H18N4O2S2. The summed E-state index contributed by atoms with van der Waals surface area (Å²) in [5.41, 5.74) is 0.988. The number of hydrogen-bond acceptors (Lipinski definition) is 5. The Morgan fingerprint density at radius 3 is 2.75 bits per heavy atom. The summed E-state index contributed by atoms with van der Waals surface area (Å²) in [6.45, 7) is 2.77. The van der Waals surface area contributed by atoms with Crippen molar-refractivity contribution in [1.82, 2.24) is 19.6 Å². The molecule has 0 saturated heterocycles. The zero-order valence-electron chi connectivity index (χ0n) is 11.7. The number of aromatic nitrogens is 2. The first-order valence-corrected chi connectivity index (χ1v) is 8.44. The highest BCUT2D eigenvalue weighted by Gasteiger charge is 2.19. The van der Waals surface area contributed by atoms with Gasteiger partial charge in [-0.2, -0.15) is 0 Å². The molecule has 0 spiro atoms. The van der Waals surface area contributed by atoms with Crippen LogP contribution in [-0.2, 0) is 30.2 Å². The molecule has 0 aromatic carbocycles. The van der Waals surface area contributed by atoms with E-state index >= 15 is 0 Å². The third-order valence-corrected chi connectivity index (χ3v) is 6.05. The molecule has 0 unspecified atom stereocenters. The van der Waals surface area contributed by atoms with Gasteiger partial charge in [-0.1, -0.05) is 0 Å². The Morgan fingerprint density at radius 1 is 1.40 bits per heavy atom. The van der Waals surface area contributed by atoms with Gasteiger partial charge in [-0.25, -0.2) is 18.1 Å². The number of nitrogens with zero attached hydrogens (tertiary/aromatic N) is 2. The predicted molar refractivity (Wildman–Crippen MR) is 79.1 cm³/mol. The monoisotopic (exact) mass is 314 g/mol. The largest absolute Gasteiger partial charge is 0.337 e. The maximum atomic E-state index is 12.3. The second kappa shape index (κ2) is 6.04. The summed E-state index contributed by atoms with van der Waals surface area (Å²) in [6.07, 6.45) is 3.42. The fraction of sp³-hybridized carbons (Fsp3) is 0.417. The van der Waals surface area contributed by atoms with Gasteiger partial charge in [-0.05, 0) is 25.6 Å². The zero-order chi connectivity index (χ0) is 14.8. The Morgan fingerprint density at radius 2 is 2.15 bits per heavy atom. The molecule has 0 atom stereocenters. The number of nitrogens with one attached hydrogen (secondary N) is 2. The van der Waals surface area contributed by atoms with E-state index in [1.165, 1.54) is 11.3 Å². The molecule has 0 bridgehead atoms. The van der Waals surface area contributed by atoms with Gasteiger partial charge < -0.3 is 9.88 Å². The summed E-state index contributed by atoms with van der Waals surface area (Å²) in [4.78, 5) is 5.13. The van der Waals surface area contributed by atoms with E-state index in [0.717, 1.165) is 10.4 Å². The first kappa shape index (κ1) is 15.2. The number of rotatable bonds is 6. The van der Waals surface area contributed by atoms with Crippen LogP contribution in [0.5, 0.6) is 0 Å². The van der Waals surface area contributed by atoms with Gasteiger partial charge in [0, 0.05) is 30.9 Å². The third-order valence-electron chi connectivity index (χ3n) is 2.94. The molecule has 2 N–H and O–H groups in total. The van der Waals surface area contributed by atoms with Crippen LogP contribution in [0, 0.1) is 6.92 Å². The molecule has 0 amide bonds. The fourth-order valence-electron chi connectivity index (χ4n) is 1.75. The summed E-state index contributed by atoms with van der Waals surface area (Å²) < 4.78 is 29.2. The van der Waals surface area contributed by atoms with E-state index in [4.69, 9.17) is 0 Å². The van der Waals surface area contributed by atoms with Crippen LogP contribution >= 0.6 is 11.3 Å². The summed E-state index contributed by atoms with van der Waals surface area (Å²) in [5, 5.41) is 3.03. The summed E-state index contributed by atoms with van der Waals surface area (Å²) in [6, 6.07) is 1.71. The van der Waals surface area contributed by atoms with Crippen molar-refractivity contribution in [3.63, 3.8) is 0 Å². The van der Waals surface area contributed by atoms with Crippen molar-refractivity contribution < 1.29 is 8.42 Å². The van der Waals surface area contributed by atoms with E-state index in [0.29, 0.717) is 16.6 Å². The normalized spacial score (nSPS) is 11.9. The van der Waals surface area contributed by atoms with Crippen LogP contribution < -0.4 is 10.0 Å². The highest BCUT2D eigenvalue weighted by atomic mass is 32.2. The van der Waals surface area contributed by atoms with Gasteiger partial charge in [0.15, 0.2) is 0 Å². The molecule has 6 nitrogen and oxygen atoms in total. The Balaban J connectivity index is 2.14. The quantitative estimate of drug-likeness (QED) is 0.833. The molecule has 8 heteroatoms. The van der Waals surface area contributed by atoms with Crippen LogP contribution in [0.4, 0.5) is 0 Å². The van der Waals surface area contributed by atoms with E-state index in [-0.39, 0.29) is 6.54 Å². The Kier molecular flexibility index (Phi) is 4.59. The third kappa shape index (κ3) is 3.26. The lowest BCUT2D eigenvalue weighted by Gasteiger charge is -2.04. The van der Waals surface area contributed by atoms with Gasteiger partial charge in [-0.15, -0.1) is 11.3 Å². The lowest BCUT2D eigenvalue weighted by Crippen LogP contribution is -2.24. The van der Waals surface area contributed by atoms with E-state index in [2.05, 4.69) is 15.0 Å². The van der Waals surface area contributed by atoms with Gasteiger partial charge in [0.2, 0.25) is 10.0 Å². The lowest BCUT2D eigenvalue weighted by atomic mass is 10.3. The number of hydrogen-bond donors (Lipinski definition) is 2. The van der Waals surface area contributed by atoms with Crippen LogP contribution in [0.25, 0.3) is 0 Å². The highest BCUT2D eigenvalue weighted by molar-refractivity contribution is 7.91. The van der Waals surface area contributed by atoms with Crippen LogP contribution in [0.15, 0.2) is 22.7 Å². The molecule has 110 valence electrons. The Hall–Kier alpha value is -1.22. The van der Waals surface area contributed by atoms with E-state index in [9.17, 15) is 8.42 Å². The smallest absolute Gasteiger partial charge is 0.250 e. The van der Waals surface area contributed by atoms with Crippen molar-refractivity contribution in [3.8, 4) is 0 Å². The maximum Gasteiger partial charge on any atom is 0.250 e. The number of thiophene rings is 1. The first-order valence-electron chi connectivity index (χ1n) is 6.14. The minimum atomic E-state index is -3.49. The van der Waals surface area contributed by atoms with Crippen LogP contribution in [0.1, 0.15) is 16.3 Å². The minimum Gasteiger partial charge on any atom is -0.337 e. The molecule has 2 heterocycles. The second-order valence-electron chi connectivity index (χ2n) is 4.48. The molecule has 2 rings (SSSR count). The van der Waals surface area contributed by atoms with Gasteiger partial charge in [0.1, 0.15) is 10.0 Å². The van der Waals surface area contributed by atoms with Crippen molar-refractivity contribution in [2.45, 2.75) is 24.2 Å². The molecule has 0 fully saturated rings. The standard InChI is InChI=1S/C12H18N4O2S2/c1-9-6-12(19-10(9)7-13-2)20(17,18)15-8-11-14-4-5-16(11)3/h4-6,13,15H,7-8H2,1-3H3. The Labute approximate surface area is 122 Å². The zero-order valence-corrected chi connectivity index (χ0v) is 13.3. The van der Waals surface area contributed by atoms with Crippen molar-refractivity contribution in [2.24, 2.45) is 7.05 Å². The molecule has 0 aliphatic carbocycles. The minimum absolute atomic E-state index is 0.185. The fourth-order valence-corrected chi connectivity index (χ4v) is 4.38. The average molecular weight is 314 g/mol. The summed E-state index contributed by atoms with van der Waals surface area (Å²) in [5.74, 6) is 0.678. The maximum absolute atomic E-state index is 12.3. The molecule has 20 heavy (non-hydrogen) atoms. The van der Waals surface area contributed by atoms with Gasteiger partial charge >= 0.3 is 0 Å². The number of sulfonamides is 1. The molecule has 0 aliphatic rings. The number of imidazole rings is 1. The van der Waals surface area contributed by atoms with Crippen LogP contribution in [-0.4, -0.2) is 25.0 Å². The van der Waals surface area contributed by atoms with E-state index in [1.807, 2.05) is 21.0 Å². The van der Waals surface area contributed by atoms with E-state index in [1.54, 1.807) is 23.0 Å². The summed E-state index contributed by atoms with van der Waals surface area (Å²) in [7, 11) is 0.185. The topological polar surface area (TPSA) is 76.0 Å². The van der Waals surface area contributed by atoms with Gasteiger partial charge in [0.05, 0.1) is 6.54 Å². The SMILES string of the molecule is CNCc1sc(S(=O)(=O)NCc2nccn2C)cc1C. The number of aryl methyl sites for hydroxylation is 2. The molecule has 0 saturated carbocycles. The second-order valence-corrected chi connectivity index (χ2v) is 7.61. The highest BCUT2D eigenvalue weighted by Crippen LogP contribution is 2.25. The molecule has 0 aliphatic heterocycles. The van der Waals surface area contributed by atoms with Crippen molar-refractivity contribution in [1.29, 1.82) is 0 Å². The lowest BCUT2D eigenvalue weighted by molar-refractivity contribution is 0.579. The van der Waals surface area contributed by atoms with Crippen LogP contribution in [0.3, 0.4) is 0 Å². The summed E-state index contributed by atoms with van der Waals surface area (Å²) >= 11 is 1.29. The van der Waals surface area contributed by atoms with Gasteiger partial charge in [-0.3, -0.25) is 0 Å². The molecular weight excluding hydrogens is 296 g/mol. The average Bonchev–Trinajstić information content (AvgIpc) is 2.95. The Bertz CT molecular complexity index is 688. The van der Waals surface area contributed by atoms with E-state index < -0.39 is 10.0 Å².